The average Bonchev–Trinajstić information content (AvgIpc) is 2.79. The largest absolute Gasteiger partial charge is 0.508 e. The maximum atomic E-state index is 13.1. The Kier molecular flexibility index (Phi) is 4.68. The zero-order valence-corrected chi connectivity index (χ0v) is 16.6. The van der Waals surface area contributed by atoms with Crippen LogP contribution in [0.2, 0.25) is 0 Å². The van der Waals surface area contributed by atoms with Gasteiger partial charge in [-0.25, -0.2) is 0 Å². The Morgan fingerprint density at radius 3 is 2.26 bits per heavy atom. The molecule has 2 aliphatic rings. The van der Waals surface area contributed by atoms with Crippen molar-refractivity contribution >= 4 is 35.0 Å². The molecule has 1 aliphatic carbocycles. The molecular formula is C19H19Cl2NO5. The van der Waals surface area contributed by atoms with Crippen LogP contribution in [0.15, 0.2) is 36.4 Å². The summed E-state index contributed by atoms with van der Waals surface area (Å²) in [5, 5.41) is 9.96. The number of benzene rings is 1. The Bertz CT molecular complexity index is 858. The second-order valence-electron chi connectivity index (χ2n) is 6.49. The van der Waals surface area contributed by atoms with Crippen molar-refractivity contribution in [1.82, 2.24) is 4.90 Å². The number of hydrogen-bond acceptors (Lipinski definition) is 5. The van der Waals surface area contributed by atoms with E-state index in [1.54, 1.807) is 12.2 Å². The van der Waals surface area contributed by atoms with E-state index in [-0.39, 0.29) is 23.7 Å². The van der Waals surface area contributed by atoms with Crippen LogP contribution >= 0.6 is 23.2 Å². The number of carbonyl (C=O) groups excluding carboxylic acids is 2. The molecule has 1 aliphatic heterocycles. The fraction of sp³-hybridized carbons (Fsp3) is 0.368. The molecular weight excluding hydrogens is 393 g/mol. The lowest BCUT2D eigenvalue weighted by molar-refractivity contribution is -0.137. The minimum atomic E-state index is -1.81. The summed E-state index contributed by atoms with van der Waals surface area (Å²) in [7, 11) is 4.19. The number of phenolic OH excluding ortho intramolecular Hbond substituents is 1. The first-order valence-electron chi connectivity index (χ1n) is 8.15. The molecule has 0 bridgehead atoms. The molecule has 0 unspecified atom stereocenters. The lowest BCUT2D eigenvalue weighted by Gasteiger charge is -2.42. The first-order valence-corrected chi connectivity index (χ1v) is 8.90. The molecule has 3 atom stereocenters. The van der Waals surface area contributed by atoms with Crippen LogP contribution in [0.1, 0.15) is 17.9 Å². The van der Waals surface area contributed by atoms with Crippen LogP contribution in [0, 0.1) is 0 Å². The predicted octanol–water partition coefficient (Wildman–Crippen LogP) is 2.96. The number of carbonyl (C=O) groups is 2. The van der Waals surface area contributed by atoms with Gasteiger partial charge in [0.2, 0.25) is 0 Å². The summed E-state index contributed by atoms with van der Waals surface area (Å²) < 4.78 is 10.8. The number of phenols is 1. The highest BCUT2D eigenvalue weighted by atomic mass is 35.5. The third kappa shape index (κ3) is 2.39. The molecule has 144 valence electrons. The fourth-order valence-corrected chi connectivity index (χ4v) is 4.81. The summed E-state index contributed by atoms with van der Waals surface area (Å²) in [5.41, 5.74) is 1.01. The average molecular weight is 412 g/mol. The van der Waals surface area contributed by atoms with E-state index in [0.717, 1.165) is 4.90 Å². The molecule has 27 heavy (non-hydrogen) atoms. The van der Waals surface area contributed by atoms with Crippen molar-refractivity contribution in [1.29, 1.82) is 0 Å². The minimum Gasteiger partial charge on any atom is -0.508 e. The quantitative estimate of drug-likeness (QED) is 0.608. The van der Waals surface area contributed by atoms with Crippen LogP contribution in [-0.2, 0) is 9.59 Å². The molecule has 0 aromatic heterocycles. The van der Waals surface area contributed by atoms with Gasteiger partial charge in [-0.05, 0) is 12.0 Å². The second-order valence-corrected chi connectivity index (χ2v) is 7.73. The normalized spacial score (nSPS) is 30.0. The molecule has 8 heteroatoms. The van der Waals surface area contributed by atoms with Crippen LogP contribution in [0.5, 0.6) is 17.2 Å². The summed E-state index contributed by atoms with van der Waals surface area (Å²) in [6.45, 7) is 3.81. The summed E-state index contributed by atoms with van der Waals surface area (Å²) in [4.78, 5) is 23.3. The van der Waals surface area contributed by atoms with Gasteiger partial charge in [0.25, 0.3) is 11.8 Å². The minimum absolute atomic E-state index is 0.0769. The van der Waals surface area contributed by atoms with Crippen molar-refractivity contribution in [2.75, 3.05) is 21.3 Å². The van der Waals surface area contributed by atoms with Gasteiger partial charge in [-0.2, -0.15) is 0 Å². The molecule has 1 aromatic carbocycles. The molecule has 1 heterocycles. The highest BCUT2D eigenvalue weighted by molar-refractivity contribution is 6.53. The Labute approximate surface area is 166 Å². The van der Waals surface area contributed by atoms with Gasteiger partial charge >= 0.3 is 0 Å². The molecule has 6 nitrogen and oxygen atoms in total. The number of fused-ring (bicyclic) bond motifs is 1. The number of hydrogen-bond donors (Lipinski definition) is 1. The monoisotopic (exact) mass is 411 g/mol. The number of amides is 2. The second kappa shape index (κ2) is 6.46. The van der Waals surface area contributed by atoms with Crippen molar-refractivity contribution < 1.29 is 24.2 Å². The van der Waals surface area contributed by atoms with Gasteiger partial charge < -0.3 is 14.6 Å². The number of alkyl halides is 2. The van der Waals surface area contributed by atoms with Crippen LogP contribution in [-0.4, -0.2) is 52.8 Å². The van der Waals surface area contributed by atoms with E-state index >= 15 is 0 Å². The lowest BCUT2D eigenvalue weighted by atomic mass is 9.68. The summed E-state index contributed by atoms with van der Waals surface area (Å²) >= 11 is 13.6. The molecule has 1 N–H and O–H groups in total. The molecule has 3 rings (SSSR count). The standard InChI is InChI=1S/C19H19Cl2NO5/c1-5-10-6-7-18(20)16(24)22(2)17(25)19(18,21)15(10)14-12(26-3)8-11(23)9-13(14)27-4/h5-6,8-9,15,23H,1,7H2,2-4H3/t15-,18-,19+/m1/s1. The van der Waals surface area contributed by atoms with Gasteiger partial charge in [0.05, 0.1) is 14.2 Å². The Morgan fingerprint density at radius 2 is 1.78 bits per heavy atom. The van der Waals surface area contributed by atoms with E-state index in [9.17, 15) is 14.7 Å². The molecule has 0 saturated carbocycles. The molecule has 1 aromatic rings. The topological polar surface area (TPSA) is 76.1 Å². The number of methoxy groups -OCH3 is 2. The van der Waals surface area contributed by atoms with E-state index in [1.807, 2.05) is 0 Å². The smallest absolute Gasteiger partial charge is 0.253 e. The van der Waals surface area contributed by atoms with E-state index < -0.39 is 27.5 Å². The summed E-state index contributed by atoms with van der Waals surface area (Å²) in [6.07, 6.45) is 3.38. The van der Waals surface area contributed by atoms with Crippen LogP contribution < -0.4 is 9.47 Å². The molecule has 0 spiro atoms. The van der Waals surface area contributed by atoms with E-state index in [1.165, 1.54) is 33.4 Å². The Balaban J connectivity index is 2.38. The maximum absolute atomic E-state index is 13.1. The van der Waals surface area contributed by atoms with Crippen molar-refractivity contribution in [3.63, 3.8) is 0 Å². The number of halogens is 2. The number of aromatic hydroxyl groups is 1. The van der Waals surface area contributed by atoms with Crippen molar-refractivity contribution in [3.8, 4) is 17.2 Å². The highest BCUT2D eigenvalue weighted by Gasteiger charge is 2.72. The van der Waals surface area contributed by atoms with Crippen LogP contribution in [0.25, 0.3) is 0 Å². The third-order valence-electron chi connectivity index (χ3n) is 5.24. The summed E-state index contributed by atoms with van der Waals surface area (Å²) in [6, 6.07) is 2.77. The zero-order valence-electron chi connectivity index (χ0n) is 15.1. The summed E-state index contributed by atoms with van der Waals surface area (Å²) in [5.74, 6) is -1.64. The van der Waals surface area contributed by atoms with Gasteiger partial charge in [-0.15, -0.1) is 23.2 Å². The first kappa shape index (κ1) is 19.6. The molecule has 1 saturated heterocycles. The van der Waals surface area contributed by atoms with Gasteiger partial charge in [-0.1, -0.05) is 18.7 Å². The number of allylic oxidation sites excluding steroid dienone is 3. The Hall–Kier alpha value is -2.18. The first-order chi connectivity index (χ1) is 12.7. The van der Waals surface area contributed by atoms with E-state index in [2.05, 4.69) is 6.58 Å². The Morgan fingerprint density at radius 1 is 1.22 bits per heavy atom. The number of likely N-dealkylation sites (tertiary alicyclic amines) is 1. The lowest BCUT2D eigenvalue weighted by Crippen LogP contribution is -2.55. The number of imide groups is 1. The number of nitrogens with zero attached hydrogens (tertiary/aromatic N) is 1. The van der Waals surface area contributed by atoms with Crippen molar-refractivity contribution in [2.45, 2.75) is 22.1 Å². The number of rotatable bonds is 4. The molecule has 1 fully saturated rings. The maximum Gasteiger partial charge on any atom is 0.253 e. The molecule has 0 radical (unpaired) electrons. The van der Waals surface area contributed by atoms with E-state index in [0.29, 0.717) is 11.1 Å². The zero-order chi connectivity index (χ0) is 20.1. The van der Waals surface area contributed by atoms with Crippen LogP contribution in [0.4, 0.5) is 0 Å². The predicted molar refractivity (Wildman–Crippen MR) is 102 cm³/mol. The molecule has 2 amide bonds. The van der Waals surface area contributed by atoms with Crippen molar-refractivity contribution in [2.24, 2.45) is 0 Å². The highest BCUT2D eigenvalue weighted by Crippen LogP contribution is 2.61. The fourth-order valence-electron chi connectivity index (χ4n) is 3.90. The van der Waals surface area contributed by atoms with Crippen molar-refractivity contribution in [3.05, 3.63) is 42.0 Å². The van der Waals surface area contributed by atoms with E-state index in [4.69, 9.17) is 32.7 Å². The SMILES string of the molecule is C=CC1=CC[C@@]2(Cl)C(=O)N(C)C(=O)[C@@]2(Cl)[C@H]1c1c(OC)cc(O)cc1OC. The van der Waals surface area contributed by atoms with Gasteiger partial charge in [0.1, 0.15) is 17.2 Å². The van der Waals surface area contributed by atoms with Gasteiger partial charge in [-0.3, -0.25) is 14.5 Å². The van der Waals surface area contributed by atoms with Gasteiger partial charge in [0, 0.05) is 30.7 Å². The van der Waals surface area contributed by atoms with Gasteiger partial charge in [0.15, 0.2) is 9.75 Å². The van der Waals surface area contributed by atoms with Crippen LogP contribution in [0.3, 0.4) is 0 Å². The number of ether oxygens (including phenoxy) is 2. The third-order valence-corrected chi connectivity index (χ3v) is 6.65.